The number of anilines is 1. The van der Waals surface area contributed by atoms with E-state index in [2.05, 4.69) is 46.7 Å². The van der Waals surface area contributed by atoms with Crippen molar-refractivity contribution < 1.29 is 0 Å². The fourth-order valence-electron chi connectivity index (χ4n) is 0.810. The first kappa shape index (κ1) is 10.3. The molecular formula is C10H13BrN2. The number of aromatic nitrogens is 1. The molecule has 2 nitrogen and oxygen atoms in total. The Bertz CT molecular complexity index is 308. The molecule has 0 amide bonds. The van der Waals surface area contributed by atoms with E-state index >= 15 is 0 Å². The molecule has 0 saturated heterocycles. The van der Waals surface area contributed by atoms with E-state index in [9.17, 15) is 0 Å². The van der Waals surface area contributed by atoms with Gasteiger partial charge in [0.15, 0.2) is 0 Å². The van der Waals surface area contributed by atoms with Crippen molar-refractivity contribution >= 4 is 21.6 Å². The molecule has 1 heterocycles. The lowest BCUT2D eigenvalue weighted by atomic mass is 10.1. The van der Waals surface area contributed by atoms with Gasteiger partial charge < -0.3 is 5.32 Å². The van der Waals surface area contributed by atoms with Crippen LogP contribution in [0.15, 0.2) is 35.2 Å². The zero-order chi connectivity index (χ0) is 9.84. The number of hydrogen-bond donors (Lipinski definition) is 1. The maximum Gasteiger partial charge on any atom is 0.0579 e. The van der Waals surface area contributed by atoms with Gasteiger partial charge in [-0.2, -0.15) is 0 Å². The molecule has 0 bridgehead atoms. The molecule has 0 spiro atoms. The van der Waals surface area contributed by atoms with Gasteiger partial charge in [0.25, 0.3) is 0 Å². The summed E-state index contributed by atoms with van der Waals surface area (Å²) in [5.74, 6) is 0.430. The summed E-state index contributed by atoms with van der Waals surface area (Å²) in [5.41, 5.74) is 1.97. The molecule has 1 N–H and O–H groups in total. The van der Waals surface area contributed by atoms with Crippen LogP contribution in [0.25, 0.3) is 0 Å². The molecule has 1 aromatic heterocycles. The molecule has 0 saturated carbocycles. The van der Waals surface area contributed by atoms with Gasteiger partial charge in [-0.05, 0) is 27.9 Å². The molecule has 3 heteroatoms. The third-order valence-electron chi connectivity index (χ3n) is 1.71. The summed E-state index contributed by atoms with van der Waals surface area (Å²) in [6, 6.07) is 1.97. The Morgan fingerprint density at radius 1 is 1.54 bits per heavy atom. The second kappa shape index (κ2) is 4.42. The van der Waals surface area contributed by atoms with Gasteiger partial charge in [0, 0.05) is 16.4 Å². The van der Waals surface area contributed by atoms with Gasteiger partial charge in [-0.25, -0.2) is 0 Å². The molecule has 0 unspecified atom stereocenters. The summed E-state index contributed by atoms with van der Waals surface area (Å²) < 4.78 is 0.967. The minimum Gasteiger partial charge on any atom is -0.358 e. The van der Waals surface area contributed by atoms with Crippen molar-refractivity contribution in [3.05, 3.63) is 35.2 Å². The number of hydrogen-bond acceptors (Lipinski definition) is 2. The predicted molar refractivity (Wildman–Crippen MR) is 59.5 cm³/mol. The van der Waals surface area contributed by atoms with Crippen LogP contribution in [0.1, 0.15) is 13.8 Å². The molecule has 0 radical (unpaired) electrons. The number of nitrogens with one attached hydrogen (secondary N) is 1. The lowest BCUT2D eigenvalue weighted by molar-refractivity contribution is 0.778. The van der Waals surface area contributed by atoms with Gasteiger partial charge in [0.2, 0.25) is 0 Å². The van der Waals surface area contributed by atoms with Gasteiger partial charge in [-0.15, -0.1) is 0 Å². The number of allylic oxidation sites excluding steroid dienone is 1. The third-order valence-corrected chi connectivity index (χ3v) is 2.14. The summed E-state index contributed by atoms with van der Waals surface area (Å²) >= 11 is 3.36. The molecule has 0 aliphatic rings. The van der Waals surface area contributed by atoms with Crippen LogP contribution in [-0.4, -0.2) is 4.98 Å². The molecule has 1 rings (SSSR count). The van der Waals surface area contributed by atoms with Crippen molar-refractivity contribution in [3.63, 3.8) is 0 Å². The van der Waals surface area contributed by atoms with Gasteiger partial charge in [0.1, 0.15) is 0 Å². The topological polar surface area (TPSA) is 24.9 Å². The second-order valence-electron chi connectivity index (χ2n) is 3.20. The van der Waals surface area contributed by atoms with Crippen molar-refractivity contribution in [2.45, 2.75) is 13.8 Å². The standard InChI is InChI=1S/C10H13BrN2/c1-7(2)8(3)13-10-4-9(11)5-12-6-10/h4-7,13H,3H2,1-2H3. The molecule has 1 aromatic rings. The van der Waals surface area contributed by atoms with E-state index in [0.29, 0.717) is 5.92 Å². The number of rotatable bonds is 3. The Hall–Kier alpha value is -0.830. The maximum absolute atomic E-state index is 4.05. The maximum atomic E-state index is 4.05. The smallest absolute Gasteiger partial charge is 0.0579 e. The minimum atomic E-state index is 0.430. The normalized spacial score (nSPS) is 10.2. The van der Waals surface area contributed by atoms with Crippen molar-refractivity contribution in [1.29, 1.82) is 0 Å². The first-order valence-electron chi connectivity index (χ1n) is 4.16. The SMILES string of the molecule is C=C(Nc1cncc(Br)c1)C(C)C. The monoisotopic (exact) mass is 240 g/mol. The van der Waals surface area contributed by atoms with E-state index in [1.54, 1.807) is 12.4 Å². The fourth-order valence-corrected chi connectivity index (χ4v) is 1.17. The van der Waals surface area contributed by atoms with Crippen LogP contribution in [-0.2, 0) is 0 Å². The highest BCUT2D eigenvalue weighted by molar-refractivity contribution is 9.10. The highest BCUT2D eigenvalue weighted by atomic mass is 79.9. The van der Waals surface area contributed by atoms with E-state index < -0.39 is 0 Å². The molecule has 70 valence electrons. The quantitative estimate of drug-likeness (QED) is 0.876. The zero-order valence-corrected chi connectivity index (χ0v) is 9.43. The highest BCUT2D eigenvalue weighted by Crippen LogP contribution is 2.17. The number of halogens is 1. The average molecular weight is 241 g/mol. The van der Waals surface area contributed by atoms with Crippen LogP contribution in [0.4, 0.5) is 5.69 Å². The van der Waals surface area contributed by atoms with E-state index in [1.165, 1.54) is 0 Å². The van der Waals surface area contributed by atoms with Crippen LogP contribution in [0, 0.1) is 5.92 Å². The Morgan fingerprint density at radius 3 is 2.77 bits per heavy atom. The van der Waals surface area contributed by atoms with Gasteiger partial charge in [-0.1, -0.05) is 20.4 Å². The molecule has 0 aliphatic heterocycles. The Labute approximate surface area is 87.2 Å². The summed E-state index contributed by atoms with van der Waals surface area (Å²) in [7, 11) is 0. The molecular weight excluding hydrogens is 228 g/mol. The van der Waals surface area contributed by atoms with Crippen LogP contribution < -0.4 is 5.32 Å². The summed E-state index contributed by atoms with van der Waals surface area (Å²) in [5, 5.41) is 3.20. The van der Waals surface area contributed by atoms with Crippen molar-refractivity contribution in [2.75, 3.05) is 5.32 Å². The fraction of sp³-hybridized carbons (Fsp3) is 0.300. The molecule has 0 aliphatic carbocycles. The first-order chi connectivity index (χ1) is 6.09. The highest BCUT2D eigenvalue weighted by Gasteiger charge is 2.00. The van der Waals surface area contributed by atoms with Crippen LogP contribution in [0.5, 0.6) is 0 Å². The van der Waals surface area contributed by atoms with Crippen molar-refractivity contribution in [1.82, 2.24) is 4.98 Å². The van der Waals surface area contributed by atoms with Crippen molar-refractivity contribution in [2.24, 2.45) is 5.92 Å². The Balaban J connectivity index is 2.69. The lowest BCUT2D eigenvalue weighted by Crippen LogP contribution is -2.04. The Morgan fingerprint density at radius 2 is 2.23 bits per heavy atom. The first-order valence-corrected chi connectivity index (χ1v) is 4.95. The van der Waals surface area contributed by atoms with E-state index in [0.717, 1.165) is 15.9 Å². The second-order valence-corrected chi connectivity index (χ2v) is 4.11. The summed E-state index contributed by atoms with van der Waals surface area (Å²) in [6.07, 6.45) is 3.53. The summed E-state index contributed by atoms with van der Waals surface area (Å²) in [4.78, 5) is 4.05. The molecule has 0 aromatic carbocycles. The number of nitrogens with zero attached hydrogens (tertiary/aromatic N) is 1. The Kier molecular flexibility index (Phi) is 3.48. The number of pyridine rings is 1. The molecule has 0 atom stereocenters. The zero-order valence-electron chi connectivity index (χ0n) is 7.84. The predicted octanol–water partition coefficient (Wildman–Crippen LogP) is 3.43. The molecule has 13 heavy (non-hydrogen) atoms. The largest absolute Gasteiger partial charge is 0.358 e. The van der Waals surface area contributed by atoms with Crippen LogP contribution in [0.3, 0.4) is 0 Å². The van der Waals surface area contributed by atoms with Crippen LogP contribution >= 0.6 is 15.9 Å². The van der Waals surface area contributed by atoms with E-state index in [1.807, 2.05) is 6.07 Å². The third kappa shape index (κ3) is 3.19. The van der Waals surface area contributed by atoms with Gasteiger partial charge in [0.05, 0.1) is 11.9 Å². The summed E-state index contributed by atoms with van der Waals surface area (Å²) in [6.45, 7) is 8.12. The van der Waals surface area contributed by atoms with Crippen molar-refractivity contribution in [3.8, 4) is 0 Å². The molecule has 0 fully saturated rings. The van der Waals surface area contributed by atoms with E-state index in [-0.39, 0.29) is 0 Å². The average Bonchev–Trinajstić information content (AvgIpc) is 2.04. The van der Waals surface area contributed by atoms with Gasteiger partial charge in [-0.3, -0.25) is 4.98 Å². The lowest BCUT2D eigenvalue weighted by Gasteiger charge is -2.12. The minimum absolute atomic E-state index is 0.430. The van der Waals surface area contributed by atoms with Crippen LogP contribution in [0.2, 0.25) is 0 Å². The van der Waals surface area contributed by atoms with E-state index in [4.69, 9.17) is 0 Å². The van der Waals surface area contributed by atoms with Gasteiger partial charge >= 0.3 is 0 Å².